The highest BCUT2D eigenvalue weighted by Crippen LogP contribution is 2.35. The molecule has 5 heteroatoms. The van der Waals surface area contributed by atoms with E-state index in [-0.39, 0.29) is 29.4 Å². The van der Waals surface area contributed by atoms with Gasteiger partial charge in [0, 0.05) is 31.7 Å². The minimum atomic E-state index is 0. The molecular formula is C17H26IN3O. The maximum Gasteiger partial charge on any atom is 0.191 e. The first-order chi connectivity index (χ1) is 10.2. The number of hydrogen-bond donors (Lipinski definition) is 1. The molecule has 3 rings (SSSR count). The number of halogens is 1. The Bertz CT molecular complexity index is 496. The zero-order valence-corrected chi connectivity index (χ0v) is 15.5. The van der Waals surface area contributed by atoms with Crippen LogP contribution in [0, 0.1) is 0 Å². The molecule has 4 nitrogen and oxygen atoms in total. The molecule has 0 unspecified atom stereocenters. The molecule has 1 saturated carbocycles. The van der Waals surface area contributed by atoms with Crippen LogP contribution in [0.15, 0.2) is 35.3 Å². The molecule has 2 aliphatic rings. The number of nitrogens with two attached hydrogens (primary N) is 1. The van der Waals surface area contributed by atoms with Crippen LogP contribution in [0.1, 0.15) is 31.2 Å². The largest absolute Gasteiger partial charge is 0.381 e. The van der Waals surface area contributed by atoms with Crippen molar-refractivity contribution in [2.75, 3.05) is 26.8 Å². The lowest BCUT2D eigenvalue weighted by atomic mass is 9.74. The van der Waals surface area contributed by atoms with Crippen molar-refractivity contribution in [2.24, 2.45) is 10.7 Å². The highest BCUT2D eigenvalue weighted by atomic mass is 127. The molecule has 0 radical (unpaired) electrons. The lowest BCUT2D eigenvalue weighted by Gasteiger charge is -2.36. The number of benzene rings is 1. The zero-order chi connectivity index (χ0) is 14.7. The van der Waals surface area contributed by atoms with Gasteiger partial charge in [-0.1, -0.05) is 30.3 Å². The van der Waals surface area contributed by atoms with Crippen LogP contribution in [-0.2, 0) is 10.2 Å². The third kappa shape index (κ3) is 3.93. The van der Waals surface area contributed by atoms with Gasteiger partial charge < -0.3 is 15.4 Å². The summed E-state index contributed by atoms with van der Waals surface area (Å²) in [5.41, 5.74) is 7.59. The van der Waals surface area contributed by atoms with Gasteiger partial charge in [0.25, 0.3) is 0 Å². The van der Waals surface area contributed by atoms with Gasteiger partial charge in [0.15, 0.2) is 5.96 Å². The molecule has 0 spiro atoms. The van der Waals surface area contributed by atoms with E-state index in [1.54, 1.807) is 0 Å². The Balaban J connectivity index is 0.00000176. The zero-order valence-electron chi connectivity index (χ0n) is 13.2. The van der Waals surface area contributed by atoms with Gasteiger partial charge in [0.2, 0.25) is 0 Å². The van der Waals surface area contributed by atoms with E-state index in [2.05, 4.69) is 42.3 Å². The van der Waals surface area contributed by atoms with Crippen molar-refractivity contribution >= 4 is 29.9 Å². The van der Waals surface area contributed by atoms with E-state index in [1.807, 2.05) is 0 Å². The third-order valence-corrected chi connectivity index (χ3v) is 4.84. The summed E-state index contributed by atoms with van der Waals surface area (Å²) in [7, 11) is 2.05. The number of hydrogen-bond acceptors (Lipinski definition) is 2. The first-order valence-electron chi connectivity index (χ1n) is 7.87. The standard InChI is InChI=1S/C17H25N3O.HI/c1-20(15-7-8-15)16(18)19-13-17(9-11-21-12-10-17)14-5-3-2-4-6-14;/h2-6,15H,7-13H2,1H3,(H2,18,19);1H. The number of guanidine groups is 1. The van der Waals surface area contributed by atoms with Crippen LogP contribution >= 0.6 is 24.0 Å². The molecule has 1 aromatic rings. The molecular weight excluding hydrogens is 389 g/mol. The first-order valence-corrected chi connectivity index (χ1v) is 7.87. The van der Waals surface area contributed by atoms with Crippen LogP contribution in [0.2, 0.25) is 0 Å². The fourth-order valence-electron chi connectivity index (χ4n) is 3.08. The molecule has 2 fully saturated rings. The lowest BCUT2D eigenvalue weighted by Crippen LogP contribution is -2.40. The van der Waals surface area contributed by atoms with Gasteiger partial charge >= 0.3 is 0 Å². The topological polar surface area (TPSA) is 50.8 Å². The summed E-state index contributed by atoms with van der Waals surface area (Å²) in [6.45, 7) is 2.37. The minimum Gasteiger partial charge on any atom is -0.381 e. The number of nitrogens with zero attached hydrogens (tertiary/aromatic N) is 2. The van der Waals surface area contributed by atoms with Crippen LogP contribution in [0.4, 0.5) is 0 Å². The second-order valence-corrected chi connectivity index (χ2v) is 6.28. The highest BCUT2D eigenvalue weighted by Gasteiger charge is 2.35. The fourth-order valence-corrected chi connectivity index (χ4v) is 3.08. The molecule has 1 heterocycles. The van der Waals surface area contributed by atoms with Crippen molar-refractivity contribution in [3.63, 3.8) is 0 Å². The lowest BCUT2D eigenvalue weighted by molar-refractivity contribution is 0.0530. The number of aliphatic imine (C=N–C) groups is 1. The van der Waals surface area contributed by atoms with Crippen LogP contribution in [0.5, 0.6) is 0 Å². The van der Waals surface area contributed by atoms with Crippen molar-refractivity contribution in [1.29, 1.82) is 0 Å². The maximum atomic E-state index is 6.16. The Morgan fingerprint density at radius 1 is 1.27 bits per heavy atom. The average Bonchev–Trinajstić information content (AvgIpc) is 3.38. The quantitative estimate of drug-likeness (QED) is 0.468. The predicted molar refractivity (Wildman–Crippen MR) is 101 cm³/mol. The van der Waals surface area contributed by atoms with Crippen molar-refractivity contribution in [2.45, 2.75) is 37.1 Å². The second-order valence-electron chi connectivity index (χ2n) is 6.28. The van der Waals surface area contributed by atoms with Gasteiger partial charge in [-0.15, -0.1) is 24.0 Å². The number of ether oxygens (including phenoxy) is 1. The third-order valence-electron chi connectivity index (χ3n) is 4.84. The molecule has 1 saturated heterocycles. The molecule has 0 amide bonds. The summed E-state index contributed by atoms with van der Waals surface area (Å²) in [5.74, 6) is 0.680. The van der Waals surface area contributed by atoms with Crippen molar-refractivity contribution in [3.8, 4) is 0 Å². The highest BCUT2D eigenvalue weighted by molar-refractivity contribution is 14.0. The van der Waals surface area contributed by atoms with Crippen LogP contribution in [0.3, 0.4) is 0 Å². The minimum absolute atomic E-state index is 0. The van der Waals surface area contributed by atoms with Gasteiger partial charge in [-0.05, 0) is 31.2 Å². The first kappa shape index (κ1) is 17.5. The molecule has 2 N–H and O–H groups in total. The Morgan fingerprint density at radius 3 is 2.50 bits per heavy atom. The van der Waals surface area contributed by atoms with Crippen LogP contribution < -0.4 is 5.73 Å². The molecule has 0 atom stereocenters. The summed E-state index contributed by atoms with van der Waals surface area (Å²) in [4.78, 5) is 6.85. The maximum absolute atomic E-state index is 6.16. The van der Waals surface area contributed by atoms with E-state index >= 15 is 0 Å². The molecule has 1 aromatic carbocycles. The summed E-state index contributed by atoms with van der Waals surface area (Å²) >= 11 is 0. The molecule has 122 valence electrons. The summed E-state index contributed by atoms with van der Waals surface area (Å²) in [5, 5.41) is 0. The fraction of sp³-hybridized carbons (Fsp3) is 0.588. The Hall–Kier alpha value is -0.820. The Kier molecular flexibility index (Phi) is 6.09. The monoisotopic (exact) mass is 415 g/mol. The van der Waals surface area contributed by atoms with E-state index in [4.69, 9.17) is 15.5 Å². The van der Waals surface area contributed by atoms with Crippen LogP contribution in [0.25, 0.3) is 0 Å². The SMILES string of the molecule is CN(C(N)=NCC1(c2ccccc2)CCOCC1)C1CC1.I. The van der Waals surface area contributed by atoms with Gasteiger partial charge in [0.1, 0.15) is 0 Å². The molecule has 0 bridgehead atoms. The van der Waals surface area contributed by atoms with Gasteiger partial charge in [-0.25, -0.2) is 0 Å². The van der Waals surface area contributed by atoms with E-state index in [9.17, 15) is 0 Å². The smallest absolute Gasteiger partial charge is 0.191 e. The molecule has 1 aliphatic heterocycles. The molecule has 1 aliphatic carbocycles. The van der Waals surface area contributed by atoms with Crippen molar-refractivity contribution in [3.05, 3.63) is 35.9 Å². The summed E-state index contributed by atoms with van der Waals surface area (Å²) in [6, 6.07) is 11.3. The van der Waals surface area contributed by atoms with Crippen molar-refractivity contribution in [1.82, 2.24) is 4.90 Å². The predicted octanol–water partition coefficient (Wildman–Crippen LogP) is 2.76. The molecule has 0 aromatic heterocycles. The average molecular weight is 415 g/mol. The van der Waals surface area contributed by atoms with Crippen molar-refractivity contribution < 1.29 is 4.74 Å². The summed E-state index contributed by atoms with van der Waals surface area (Å²) < 4.78 is 5.56. The van der Waals surface area contributed by atoms with E-state index in [0.29, 0.717) is 12.0 Å². The van der Waals surface area contributed by atoms with Gasteiger partial charge in [0.05, 0.1) is 6.54 Å². The normalized spacial score (nSPS) is 21.0. The van der Waals surface area contributed by atoms with E-state index in [0.717, 1.165) is 32.6 Å². The van der Waals surface area contributed by atoms with Crippen LogP contribution in [-0.4, -0.2) is 43.7 Å². The van der Waals surface area contributed by atoms with Gasteiger partial charge in [-0.3, -0.25) is 4.99 Å². The van der Waals surface area contributed by atoms with E-state index in [1.165, 1.54) is 18.4 Å². The summed E-state index contributed by atoms with van der Waals surface area (Å²) in [6.07, 6.45) is 4.51. The second kappa shape index (κ2) is 7.64. The van der Waals surface area contributed by atoms with Gasteiger partial charge in [-0.2, -0.15) is 0 Å². The molecule has 22 heavy (non-hydrogen) atoms. The number of rotatable bonds is 4. The Morgan fingerprint density at radius 2 is 1.91 bits per heavy atom. The van der Waals surface area contributed by atoms with E-state index < -0.39 is 0 Å². The Labute approximate surface area is 150 Å².